The van der Waals surface area contributed by atoms with Gasteiger partial charge in [-0.1, -0.05) is 19.9 Å². The van der Waals surface area contributed by atoms with E-state index in [4.69, 9.17) is 0 Å². The SMILES string of the molecule is C=CCCCN=CC(C)C. The fraction of sp³-hybridized carbons (Fsp3) is 0.667. The van der Waals surface area contributed by atoms with Crippen molar-refractivity contribution in [2.45, 2.75) is 26.7 Å². The van der Waals surface area contributed by atoms with Gasteiger partial charge in [-0.25, -0.2) is 0 Å². The number of rotatable bonds is 5. The minimum atomic E-state index is 0.587. The summed E-state index contributed by atoms with van der Waals surface area (Å²) in [5.74, 6) is 0.587. The van der Waals surface area contributed by atoms with Gasteiger partial charge in [-0.2, -0.15) is 0 Å². The first-order valence-corrected chi connectivity index (χ1v) is 3.88. The predicted octanol–water partition coefficient (Wildman–Crippen LogP) is 2.68. The van der Waals surface area contributed by atoms with Crippen LogP contribution in [0.15, 0.2) is 17.6 Å². The minimum absolute atomic E-state index is 0.587. The summed E-state index contributed by atoms with van der Waals surface area (Å²) >= 11 is 0. The second-order valence-corrected chi connectivity index (χ2v) is 2.73. The normalized spacial score (nSPS) is 11.1. The first-order valence-electron chi connectivity index (χ1n) is 3.88. The van der Waals surface area contributed by atoms with E-state index in [1.807, 2.05) is 12.3 Å². The third-order valence-electron chi connectivity index (χ3n) is 1.10. The Balaban J connectivity index is 3.10. The van der Waals surface area contributed by atoms with E-state index in [1.54, 1.807) is 0 Å². The molecule has 58 valence electrons. The highest BCUT2D eigenvalue weighted by Gasteiger charge is 1.83. The molecular formula is C9H17N. The van der Waals surface area contributed by atoms with Crippen LogP contribution in [0.1, 0.15) is 26.7 Å². The van der Waals surface area contributed by atoms with Crippen molar-refractivity contribution in [3.63, 3.8) is 0 Å². The fourth-order valence-electron chi connectivity index (χ4n) is 0.612. The molecule has 0 aliphatic heterocycles. The van der Waals surface area contributed by atoms with E-state index in [-0.39, 0.29) is 0 Å². The lowest BCUT2D eigenvalue weighted by atomic mass is 10.2. The van der Waals surface area contributed by atoms with Crippen molar-refractivity contribution in [1.82, 2.24) is 0 Å². The molecule has 0 saturated carbocycles. The van der Waals surface area contributed by atoms with E-state index in [0.29, 0.717) is 5.92 Å². The smallest absolute Gasteiger partial charge is 0.0388 e. The van der Waals surface area contributed by atoms with Crippen LogP contribution < -0.4 is 0 Å². The first-order chi connectivity index (χ1) is 4.77. The second-order valence-electron chi connectivity index (χ2n) is 2.73. The molecule has 0 aliphatic rings. The molecule has 0 amide bonds. The van der Waals surface area contributed by atoms with E-state index < -0.39 is 0 Å². The van der Waals surface area contributed by atoms with Gasteiger partial charge in [-0.3, -0.25) is 4.99 Å². The molecule has 0 saturated heterocycles. The number of hydrogen-bond donors (Lipinski definition) is 0. The number of hydrogen-bond acceptors (Lipinski definition) is 1. The maximum absolute atomic E-state index is 4.24. The van der Waals surface area contributed by atoms with Gasteiger partial charge in [0.05, 0.1) is 0 Å². The van der Waals surface area contributed by atoms with E-state index in [1.165, 1.54) is 0 Å². The monoisotopic (exact) mass is 139 g/mol. The van der Waals surface area contributed by atoms with E-state index in [9.17, 15) is 0 Å². The van der Waals surface area contributed by atoms with Gasteiger partial charge in [0.25, 0.3) is 0 Å². The van der Waals surface area contributed by atoms with Gasteiger partial charge >= 0.3 is 0 Å². The number of aliphatic imine (C=N–C) groups is 1. The molecule has 1 nitrogen and oxygen atoms in total. The Bertz CT molecular complexity index is 103. The molecule has 0 atom stereocenters. The Kier molecular flexibility index (Phi) is 6.14. The Morgan fingerprint density at radius 2 is 2.20 bits per heavy atom. The fourth-order valence-corrected chi connectivity index (χ4v) is 0.612. The van der Waals surface area contributed by atoms with Gasteiger partial charge in [0.1, 0.15) is 0 Å². The zero-order chi connectivity index (χ0) is 7.82. The molecule has 0 aromatic heterocycles. The van der Waals surface area contributed by atoms with Crippen molar-refractivity contribution in [3.8, 4) is 0 Å². The van der Waals surface area contributed by atoms with E-state index in [0.717, 1.165) is 19.4 Å². The molecule has 0 N–H and O–H groups in total. The molecule has 0 aliphatic carbocycles. The maximum Gasteiger partial charge on any atom is 0.0388 e. The van der Waals surface area contributed by atoms with Gasteiger partial charge in [-0.15, -0.1) is 6.58 Å². The lowest BCUT2D eigenvalue weighted by Gasteiger charge is -1.92. The highest BCUT2D eigenvalue weighted by molar-refractivity contribution is 5.59. The summed E-state index contributed by atoms with van der Waals surface area (Å²) < 4.78 is 0. The minimum Gasteiger partial charge on any atom is -0.297 e. The molecule has 0 aromatic rings. The summed E-state index contributed by atoms with van der Waals surface area (Å²) in [6.07, 6.45) is 6.15. The predicted molar refractivity (Wildman–Crippen MR) is 47.6 cm³/mol. The molecule has 0 unspecified atom stereocenters. The quantitative estimate of drug-likeness (QED) is 0.315. The second kappa shape index (κ2) is 6.53. The Morgan fingerprint density at radius 3 is 2.70 bits per heavy atom. The lowest BCUT2D eigenvalue weighted by molar-refractivity contribution is 0.837. The van der Waals surface area contributed by atoms with Crippen molar-refractivity contribution in [2.24, 2.45) is 10.9 Å². The standard InChI is InChI=1S/C9H17N/c1-4-5-6-7-10-8-9(2)3/h4,8-9H,1,5-7H2,2-3H3. The van der Waals surface area contributed by atoms with Crippen LogP contribution in [0.5, 0.6) is 0 Å². The highest BCUT2D eigenvalue weighted by atomic mass is 14.7. The van der Waals surface area contributed by atoms with Gasteiger partial charge in [0, 0.05) is 12.8 Å². The van der Waals surface area contributed by atoms with Crippen molar-refractivity contribution in [1.29, 1.82) is 0 Å². The summed E-state index contributed by atoms with van der Waals surface area (Å²) in [4.78, 5) is 4.24. The molecular weight excluding hydrogens is 122 g/mol. The van der Waals surface area contributed by atoms with Gasteiger partial charge in [-0.05, 0) is 18.8 Å². The molecule has 0 radical (unpaired) electrons. The topological polar surface area (TPSA) is 12.4 Å². The number of allylic oxidation sites excluding steroid dienone is 1. The van der Waals surface area contributed by atoms with E-state index >= 15 is 0 Å². The molecule has 10 heavy (non-hydrogen) atoms. The van der Waals surface area contributed by atoms with Crippen LogP contribution in [0.2, 0.25) is 0 Å². The van der Waals surface area contributed by atoms with Crippen molar-refractivity contribution in [2.75, 3.05) is 6.54 Å². The van der Waals surface area contributed by atoms with Crippen molar-refractivity contribution >= 4 is 6.21 Å². The third kappa shape index (κ3) is 7.41. The van der Waals surface area contributed by atoms with Gasteiger partial charge < -0.3 is 0 Å². The molecule has 0 rings (SSSR count). The Labute approximate surface area is 63.9 Å². The molecule has 1 heteroatoms. The van der Waals surface area contributed by atoms with Crippen LogP contribution >= 0.6 is 0 Å². The molecule has 0 fully saturated rings. The first kappa shape index (κ1) is 9.41. The largest absolute Gasteiger partial charge is 0.297 e. The van der Waals surface area contributed by atoms with E-state index in [2.05, 4.69) is 25.4 Å². The van der Waals surface area contributed by atoms with Crippen LogP contribution in [0, 0.1) is 5.92 Å². The summed E-state index contributed by atoms with van der Waals surface area (Å²) in [5, 5.41) is 0. The van der Waals surface area contributed by atoms with Crippen molar-refractivity contribution < 1.29 is 0 Å². The van der Waals surface area contributed by atoms with Crippen LogP contribution in [0.3, 0.4) is 0 Å². The van der Waals surface area contributed by atoms with Crippen LogP contribution in [0.4, 0.5) is 0 Å². The highest BCUT2D eigenvalue weighted by Crippen LogP contribution is 1.91. The zero-order valence-electron chi connectivity index (χ0n) is 7.01. The van der Waals surface area contributed by atoms with Gasteiger partial charge in [0.15, 0.2) is 0 Å². The summed E-state index contributed by atoms with van der Waals surface area (Å²) in [5.41, 5.74) is 0. The molecule has 0 aromatic carbocycles. The summed E-state index contributed by atoms with van der Waals surface area (Å²) in [7, 11) is 0. The van der Waals surface area contributed by atoms with Crippen LogP contribution in [-0.2, 0) is 0 Å². The molecule has 0 heterocycles. The zero-order valence-corrected chi connectivity index (χ0v) is 7.01. The maximum atomic E-state index is 4.24. The van der Waals surface area contributed by atoms with Crippen molar-refractivity contribution in [3.05, 3.63) is 12.7 Å². The summed E-state index contributed by atoms with van der Waals surface area (Å²) in [6, 6.07) is 0. The molecule has 0 bridgehead atoms. The Morgan fingerprint density at radius 1 is 1.50 bits per heavy atom. The number of nitrogens with zero attached hydrogens (tertiary/aromatic N) is 1. The Hall–Kier alpha value is -0.590. The molecule has 0 spiro atoms. The lowest BCUT2D eigenvalue weighted by Crippen LogP contribution is -1.88. The average Bonchev–Trinajstić information content (AvgIpc) is 1.87. The van der Waals surface area contributed by atoms with Crippen LogP contribution in [-0.4, -0.2) is 12.8 Å². The summed E-state index contributed by atoms with van der Waals surface area (Å²) in [6.45, 7) is 8.86. The third-order valence-corrected chi connectivity index (χ3v) is 1.10. The number of unbranched alkanes of at least 4 members (excludes halogenated alkanes) is 1. The van der Waals surface area contributed by atoms with Crippen LogP contribution in [0.25, 0.3) is 0 Å². The average molecular weight is 139 g/mol. The van der Waals surface area contributed by atoms with Gasteiger partial charge in [0.2, 0.25) is 0 Å².